The van der Waals surface area contributed by atoms with Gasteiger partial charge in [0.05, 0.1) is 36.8 Å². The average molecular weight is 406 g/mol. The Balaban J connectivity index is 1.31. The molecule has 30 heavy (non-hydrogen) atoms. The summed E-state index contributed by atoms with van der Waals surface area (Å²) in [7, 11) is 0. The fraction of sp³-hybridized carbons (Fsp3) is 0.348. The van der Waals surface area contributed by atoms with Gasteiger partial charge >= 0.3 is 0 Å². The molecule has 0 spiro atoms. The summed E-state index contributed by atoms with van der Waals surface area (Å²) < 4.78 is 5.41. The van der Waals surface area contributed by atoms with Crippen molar-refractivity contribution in [2.45, 2.75) is 19.3 Å². The van der Waals surface area contributed by atoms with E-state index in [1.165, 1.54) is 5.01 Å². The number of benzene rings is 2. The fourth-order valence-electron chi connectivity index (χ4n) is 3.69. The Hall–Kier alpha value is -3.19. The number of para-hydroxylation sites is 2. The van der Waals surface area contributed by atoms with Gasteiger partial charge in [0.1, 0.15) is 0 Å². The molecule has 1 fully saturated rings. The molecule has 2 amide bonds. The smallest absolute Gasteiger partial charge is 0.243 e. The molecule has 1 N–H and O–H groups in total. The number of ether oxygens (including phenoxy) is 1. The van der Waals surface area contributed by atoms with Crippen LogP contribution in [0.3, 0.4) is 0 Å². The van der Waals surface area contributed by atoms with Crippen LogP contribution in [-0.4, -0.2) is 55.4 Å². The van der Waals surface area contributed by atoms with E-state index >= 15 is 0 Å². The Kier molecular flexibility index (Phi) is 6.39. The van der Waals surface area contributed by atoms with E-state index in [1.807, 2.05) is 54.6 Å². The minimum Gasteiger partial charge on any atom is -0.378 e. The summed E-state index contributed by atoms with van der Waals surface area (Å²) in [5, 5.41) is 8.89. The van der Waals surface area contributed by atoms with Gasteiger partial charge < -0.3 is 15.0 Å². The van der Waals surface area contributed by atoms with Crippen molar-refractivity contribution in [3.05, 3.63) is 60.2 Å². The number of nitrogens with one attached hydrogen (secondary N) is 1. The molecule has 0 aromatic heterocycles. The molecular formula is C23H26N4O3. The number of carbonyl (C=O) groups excluding carboxylic acids is 2. The Morgan fingerprint density at radius 3 is 2.47 bits per heavy atom. The highest BCUT2D eigenvalue weighted by atomic mass is 16.5. The minimum absolute atomic E-state index is 0.127. The molecule has 2 aliphatic rings. The summed E-state index contributed by atoms with van der Waals surface area (Å²) in [6, 6.07) is 17.6. The van der Waals surface area contributed by atoms with Crippen LogP contribution in [0.15, 0.2) is 59.7 Å². The number of nitrogens with zero attached hydrogens (tertiary/aromatic N) is 3. The molecule has 2 aromatic carbocycles. The van der Waals surface area contributed by atoms with E-state index in [0.29, 0.717) is 19.8 Å². The monoisotopic (exact) mass is 406 g/mol. The third-order valence-corrected chi connectivity index (χ3v) is 5.29. The van der Waals surface area contributed by atoms with E-state index in [2.05, 4.69) is 15.3 Å². The molecule has 0 saturated carbocycles. The zero-order chi connectivity index (χ0) is 20.8. The number of hydrazone groups is 1. The number of amides is 2. The number of hydrogen-bond donors (Lipinski definition) is 1. The van der Waals surface area contributed by atoms with E-state index < -0.39 is 0 Å². The molecule has 7 nitrogen and oxygen atoms in total. The van der Waals surface area contributed by atoms with Crippen molar-refractivity contribution in [1.29, 1.82) is 0 Å². The zero-order valence-corrected chi connectivity index (χ0v) is 16.9. The van der Waals surface area contributed by atoms with Crippen LogP contribution in [0, 0.1) is 0 Å². The predicted octanol–water partition coefficient (Wildman–Crippen LogP) is 2.88. The zero-order valence-electron chi connectivity index (χ0n) is 16.9. The van der Waals surface area contributed by atoms with Crippen LogP contribution in [-0.2, 0) is 14.3 Å². The third kappa shape index (κ3) is 4.86. The van der Waals surface area contributed by atoms with Gasteiger partial charge in [-0.1, -0.05) is 42.5 Å². The van der Waals surface area contributed by atoms with E-state index in [1.54, 1.807) is 0 Å². The number of rotatable bonds is 6. The van der Waals surface area contributed by atoms with Gasteiger partial charge in [-0.2, -0.15) is 5.10 Å². The Morgan fingerprint density at radius 1 is 0.933 bits per heavy atom. The first-order valence-corrected chi connectivity index (χ1v) is 10.4. The molecule has 4 rings (SSSR count). The van der Waals surface area contributed by atoms with E-state index in [0.717, 1.165) is 42.2 Å². The second kappa shape index (κ2) is 9.54. The summed E-state index contributed by atoms with van der Waals surface area (Å²) in [4.78, 5) is 27.2. The lowest BCUT2D eigenvalue weighted by atomic mass is 10.1. The second-order valence-electron chi connectivity index (χ2n) is 7.34. The van der Waals surface area contributed by atoms with Crippen LogP contribution in [0.1, 0.15) is 24.8 Å². The molecule has 7 heteroatoms. The predicted molar refractivity (Wildman–Crippen MR) is 117 cm³/mol. The normalized spacial score (nSPS) is 16.3. The molecule has 156 valence electrons. The lowest BCUT2D eigenvalue weighted by molar-refractivity contribution is -0.132. The van der Waals surface area contributed by atoms with Gasteiger partial charge in [0.15, 0.2) is 0 Å². The van der Waals surface area contributed by atoms with Gasteiger partial charge in [-0.05, 0) is 17.7 Å². The molecular weight excluding hydrogens is 380 g/mol. The van der Waals surface area contributed by atoms with Crippen molar-refractivity contribution in [2.24, 2.45) is 5.10 Å². The fourth-order valence-corrected chi connectivity index (χ4v) is 3.69. The maximum absolute atomic E-state index is 12.5. The molecule has 1 saturated heterocycles. The summed E-state index contributed by atoms with van der Waals surface area (Å²) in [5.74, 6) is -0.298. The van der Waals surface area contributed by atoms with Crippen molar-refractivity contribution < 1.29 is 14.3 Å². The van der Waals surface area contributed by atoms with Crippen molar-refractivity contribution in [2.75, 3.05) is 43.1 Å². The van der Waals surface area contributed by atoms with Gasteiger partial charge in [0, 0.05) is 32.4 Å². The quantitative estimate of drug-likeness (QED) is 0.801. The molecule has 0 bridgehead atoms. The highest BCUT2D eigenvalue weighted by Gasteiger charge is 2.22. The highest BCUT2D eigenvalue weighted by Crippen LogP contribution is 2.26. The molecule has 0 radical (unpaired) electrons. The van der Waals surface area contributed by atoms with Crippen molar-refractivity contribution >= 4 is 28.9 Å². The first-order chi connectivity index (χ1) is 14.7. The second-order valence-corrected chi connectivity index (χ2v) is 7.34. The summed E-state index contributed by atoms with van der Waals surface area (Å²) in [6.07, 6.45) is 0.995. The number of anilines is 2. The van der Waals surface area contributed by atoms with Crippen LogP contribution in [0.5, 0.6) is 0 Å². The van der Waals surface area contributed by atoms with Crippen LogP contribution >= 0.6 is 0 Å². The Morgan fingerprint density at radius 2 is 1.67 bits per heavy atom. The molecule has 0 atom stereocenters. The van der Waals surface area contributed by atoms with E-state index in [-0.39, 0.29) is 24.7 Å². The van der Waals surface area contributed by atoms with Gasteiger partial charge in [-0.15, -0.1) is 0 Å². The van der Waals surface area contributed by atoms with Crippen molar-refractivity contribution in [3.63, 3.8) is 0 Å². The van der Waals surface area contributed by atoms with Crippen molar-refractivity contribution in [1.82, 2.24) is 5.01 Å². The van der Waals surface area contributed by atoms with Gasteiger partial charge in [0.2, 0.25) is 11.8 Å². The third-order valence-electron chi connectivity index (χ3n) is 5.29. The minimum atomic E-state index is -0.171. The number of morpholine rings is 1. The Bertz CT molecular complexity index is 923. The standard InChI is InChI=1S/C23H26N4O3/c28-22(24-20-8-4-5-9-21(20)26-14-16-30-17-15-26)10-11-23(29)27-13-12-19(25-27)18-6-2-1-3-7-18/h1-9H,10-17H2,(H,24,28). The topological polar surface area (TPSA) is 74.2 Å². The summed E-state index contributed by atoms with van der Waals surface area (Å²) in [5.41, 5.74) is 3.69. The largest absolute Gasteiger partial charge is 0.378 e. The van der Waals surface area contributed by atoms with E-state index in [9.17, 15) is 9.59 Å². The molecule has 2 heterocycles. The first kappa shape index (κ1) is 20.1. The first-order valence-electron chi connectivity index (χ1n) is 10.4. The molecule has 0 unspecified atom stereocenters. The van der Waals surface area contributed by atoms with Crippen LogP contribution in [0.2, 0.25) is 0 Å². The SMILES string of the molecule is O=C(CCC(=O)N1CCC(c2ccccc2)=N1)Nc1ccccc1N1CCOCC1. The molecule has 2 aliphatic heterocycles. The lowest BCUT2D eigenvalue weighted by Crippen LogP contribution is -2.36. The average Bonchev–Trinajstić information content (AvgIpc) is 3.30. The van der Waals surface area contributed by atoms with Gasteiger partial charge in [-0.25, -0.2) is 5.01 Å². The highest BCUT2D eigenvalue weighted by molar-refractivity contribution is 6.03. The lowest BCUT2D eigenvalue weighted by Gasteiger charge is -2.30. The van der Waals surface area contributed by atoms with Crippen LogP contribution in [0.4, 0.5) is 11.4 Å². The number of hydrogen-bond acceptors (Lipinski definition) is 5. The van der Waals surface area contributed by atoms with Gasteiger partial charge in [-0.3, -0.25) is 9.59 Å². The maximum atomic E-state index is 12.5. The Labute approximate surface area is 176 Å². The molecule has 2 aromatic rings. The maximum Gasteiger partial charge on any atom is 0.243 e. The molecule has 0 aliphatic carbocycles. The van der Waals surface area contributed by atoms with Crippen molar-refractivity contribution in [3.8, 4) is 0 Å². The van der Waals surface area contributed by atoms with Crippen LogP contribution in [0.25, 0.3) is 0 Å². The van der Waals surface area contributed by atoms with Gasteiger partial charge in [0.25, 0.3) is 0 Å². The summed E-state index contributed by atoms with van der Waals surface area (Å²) >= 11 is 0. The van der Waals surface area contributed by atoms with E-state index in [4.69, 9.17) is 4.74 Å². The number of carbonyl (C=O) groups is 2. The summed E-state index contributed by atoms with van der Waals surface area (Å²) in [6.45, 7) is 3.50. The van der Waals surface area contributed by atoms with Crippen LogP contribution < -0.4 is 10.2 Å².